The van der Waals surface area contributed by atoms with Gasteiger partial charge in [0.25, 0.3) is 0 Å². The monoisotopic (exact) mass is 308 g/mol. The molecule has 0 fully saturated rings. The number of allylic oxidation sites excluding steroid dienone is 1. The summed E-state index contributed by atoms with van der Waals surface area (Å²) in [6.07, 6.45) is 5.36. The van der Waals surface area contributed by atoms with E-state index in [1.807, 2.05) is 39.0 Å². The molecule has 0 saturated carbocycles. The highest BCUT2D eigenvalue weighted by atomic mass is 19.1. The number of rotatable bonds is 7. The molecule has 1 N–H and O–H groups in total. The van der Waals surface area contributed by atoms with Crippen LogP contribution in [0.25, 0.3) is 0 Å². The number of aliphatic hydroxyl groups is 1. The zero-order valence-electron chi connectivity index (χ0n) is 15.1. The van der Waals surface area contributed by atoms with Crippen LogP contribution in [0.2, 0.25) is 0 Å². The van der Waals surface area contributed by atoms with Crippen molar-refractivity contribution in [2.75, 3.05) is 0 Å². The largest absolute Gasteiger partial charge is 0.389 e. The Morgan fingerprint density at radius 2 is 1.91 bits per heavy atom. The first kappa shape index (κ1) is 20.9. The summed E-state index contributed by atoms with van der Waals surface area (Å²) in [5.74, 6) is 0.293. The van der Waals surface area contributed by atoms with Crippen molar-refractivity contribution in [1.82, 2.24) is 0 Å². The molecule has 0 heterocycles. The Morgan fingerprint density at radius 1 is 1.27 bits per heavy atom. The average Bonchev–Trinajstić information content (AvgIpc) is 2.52. The highest BCUT2D eigenvalue weighted by molar-refractivity contribution is 5.28. The van der Waals surface area contributed by atoms with Gasteiger partial charge in [0.2, 0.25) is 0 Å². The van der Waals surface area contributed by atoms with E-state index in [0.717, 1.165) is 31.2 Å². The second kappa shape index (κ2) is 11.4. The Bertz CT molecular complexity index is 451. The summed E-state index contributed by atoms with van der Waals surface area (Å²) in [7, 11) is 0. The van der Waals surface area contributed by atoms with Crippen LogP contribution in [0, 0.1) is 18.7 Å². The van der Waals surface area contributed by atoms with Crippen molar-refractivity contribution in [3.05, 3.63) is 46.8 Å². The maximum Gasteiger partial charge on any atom is 0.126 e. The molecular formula is C20H33FO. The van der Waals surface area contributed by atoms with Crippen molar-refractivity contribution in [3.63, 3.8) is 0 Å². The number of aliphatic hydroxyl groups excluding tert-OH is 1. The van der Waals surface area contributed by atoms with Gasteiger partial charge >= 0.3 is 0 Å². The fourth-order valence-corrected chi connectivity index (χ4v) is 2.43. The van der Waals surface area contributed by atoms with Gasteiger partial charge in [0, 0.05) is 0 Å². The van der Waals surface area contributed by atoms with E-state index in [1.165, 1.54) is 11.6 Å². The lowest BCUT2D eigenvalue weighted by molar-refractivity contribution is 0.217. The molecule has 22 heavy (non-hydrogen) atoms. The third-order valence-corrected chi connectivity index (χ3v) is 3.81. The lowest BCUT2D eigenvalue weighted by Crippen LogP contribution is -2.09. The van der Waals surface area contributed by atoms with Crippen molar-refractivity contribution in [1.29, 1.82) is 0 Å². The van der Waals surface area contributed by atoms with Crippen molar-refractivity contribution < 1.29 is 9.50 Å². The Kier molecular flexibility index (Phi) is 10.8. The fraction of sp³-hybridized carbons (Fsp3) is 0.600. The molecule has 0 saturated heterocycles. The molecule has 0 spiro atoms. The number of benzene rings is 1. The van der Waals surface area contributed by atoms with Gasteiger partial charge in [-0.15, -0.1) is 0 Å². The van der Waals surface area contributed by atoms with E-state index >= 15 is 0 Å². The number of aryl methyl sites for hydroxylation is 1. The number of hydrogen-bond acceptors (Lipinski definition) is 1. The predicted octanol–water partition coefficient (Wildman–Crippen LogP) is 5.84. The number of halogens is 1. The average molecular weight is 308 g/mol. The van der Waals surface area contributed by atoms with Gasteiger partial charge in [-0.3, -0.25) is 0 Å². The van der Waals surface area contributed by atoms with Gasteiger partial charge < -0.3 is 5.11 Å². The maximum atomic E-state index is 13.3. The molecule has 2 unspecified atom stereocenters. The van der Waals surface area contributed by atoms with E-state index in [1.54, 1.807) is 6.92 Å². The van der Waals surface area contributed by atoms with Gasteiger partial charge in [-0.2, -0.15) is 0 Å². The van der Waals surface area contributed by atoms with E-state index in [-0.39, 0.29) is 11.9 Å². The van der Waals surface area contributed by atoms with Crippen LogP contribution >= 0.6 is 0 Å². The summed E-state index contributed by atoms with van der Waals surface area (Å²) in [4.78, 5) is 0. The molecule has 0 radical (unpaired) electrons. The van der Waals surface area contributed by atoms with Crippen LogP contribution < -0.4 is 0 Å². The molecule has 0 amide bonds. The minimum Gasteiger partial charge on any atom is -0.389 e. The van der Waals surface area contributed by atoms with Crippen molar-refractivity contribution in [2.24, 2.45) is 5.92 Å². The molecule has 1 aromatic carbocycles. The van der Waals surface area contributed by atoms with Crippen molar-refractivity contribution in [2.45, 2.75) is 73.3 Å². The lowest BCUT2D eigenvalue weighted by Gasteiger charge is -2.18. The van der Waals surface area contributed by atoms with Gasteiger partial charge in [0.15, 0.2) is 0 Å². The lowest BCUT2D eigenvalue weighted by atomic mass is 9.89. The molecule has 0 aliphatic rings. The minimum absolute atomic E-state index is 0.158. The van der Waals surface area contributed by atoms with Crippen LogP contribution in [0.4, 0.5) is 4.39 Å². The summed E-state index contributed by atoms with van der Waals surface area (Å²) in [6, 6.07) is 5.27. The van der Waals surface area contributed by atoms with Crippen LogP contribution in [-0.2, 0) is 6.42 Å². The van der Waals surface area contributed by atoms with Gasteiger partial charge in [-0.1, -0.05) is 64.8 Å². The maximum absolute atomic E-state index is 13.3. The normalized spacial score (nSPS) is 14.1. The molecule has 126 valence electrons. The van der Waals surface area contributed by atoms with Crippen molar-refractivity contribution in [3.8, 4) is 0 Å². The smallest absolute Gasteiger partial charge is 0.126 e. The Morgan fingerprint density at radius 3 is 2.41 bits per heavy atom. The molecule has 0 aromatic heterocycles. The summed E-state index contributed by atoms with van der Waals surface area (Å²) in [5, 5.41) is 9.89. The quantitative estimate of drug-likeness (QED) is 0.628. The third-order valence-electron chi connectivity index (χ3n) is 3.81. The molecular weight excluding hydrogens is 275 g/mol. The zero-order chi connectivity index (χ0) is 17.1. The summed E-state index contributed by atoms with van der Waals surface area (Å²) in [6.45, 7) is 12.1. The highest BCUT2D eigenvalue weighted by Crippen LogP contribution is 2.23. The first-order chi connectivity index (χ1) is 10.5. The van der Waals surface area contributed by atoms with E-state index in [2.05, 4.69) is 13.8 Å². The van der Waals surface area contributed by atoms with Gasteiger partial charge in [-0.25, -0.2) is 4.39 Å². The van der Waals surface area contributed by atoms with Crippen LogP contribution in [0.15, 0.2) is 29.8 Å². The molecule has 1 nitrogen and oxygen atoms in total. The molecule has 0 aliphatic carbocycles. The van der Waals surface area contributed by atoms with Crippen LogP contribution in [0.1, 0.15) is 65.0 Å². The van der Waals surface area contributed by atoms with Crippen molar-refractivity contribution >= 4 is 0 Å². The first-order valence-electron chi connectivity index (χ1n) is 8.61. The minimum atomic E-state index is -0.383. The predicted molar refractivity (Wildman–Crippen MR) is 94.6 cm³/mol. The third kappa shape index (κ3) is 7.22. The van der Waals surface area contributed by atoms with Crippen LogP contribution in [0.5, 0.6) is 0 Å². The highest BCUT2D eigenvalue weighted by Gasteiger charge is 2.11. The zero-order valence-corrected chi connectivity index (χ0v) is 15.1. The Balaban J connectivity index is 0.00000211. The molecule has 1 aromatic rings. The fourth-order valence-electron chi connectivity index (χ4n) is 2.43. The Labute approximate surface area is 136 Å². The first-order valence-corrected chi connectivity index (χ1v) is 8.61. The number of hydrogen-bond donors (Lipinski definition) is 1. The van der Waals surface area contributed by atoms with Gasteiger partial charge in [-0.05, 0) is 49.3 Å². The van der Waals surface area contributed by atoms with Crippen LogP contribution in [-0.4, -0.2) is 11.2 Å². The molecule has 2 heteroatoms. The van der Waals surface area contributed by atoms with E-state index < -0.39 is 0 Å². The van der Waals surface area contributed by atoms with Crippen LogP contribution in [0.3, 0.4) is 0 Å². The van der Waals surface area contributed by atoms with E-state index in [9.17, 15) is 9.50 Å². The van der Waals surface area contributed by atoms with Gasteiger partial charge in [0.1, 0.15) is 5.82 Å². The summed E-state index contributed by atoms with van der Waals surface area (Å²) >= 11 is 0. The standard InChI is InChI=1S/C18H27FO.C2H6/c1-5-7-13(3)16(12-17(20)6-2)11-15-8-9-18(19)14(4)10-15;1-2/h8-10,12-13,17,20H,5-7,11H2,1-4H3;1-2H3. The van der Waals surface area contributed by atoms with E-state index in [0.29, 0.717) is 11.5 Å². The molecule has 0 bridgehead atoms. The Hall–Kier alpha value is -1.15. The second-order valence-electron chi connectivity index (χ2n) is 5.67. The molecule has 1 rings (SSSR count). The molecule has 2 atom stereocenters. The topological polar surface area (TPSA) is 20.2 Å². The second-order valence-corrected chi connectivity index (χ2v) is 5.67. The SMILES string of the molecule is CC.CCCC(C)C(=CC(O)CC)Cc1ccc(F)c(C)c1. The summed E-state index contributed by atoms with van der Waals surface area (Å²) in [5.41, 5.74) is 3.05. The van der Waals surface area contributed by atoms with Gasteiger partial charge in [0.05, 0.1) is 6.10 Å². The van der Waals surface area contributed by atoms with E-state index in [4.69, 9.17) is 0 Å². The molecule has 0 aliphatic heterocycles. The summed E-state index contributed by atoms with van der Waals surface area (Å²) < 4.78 is 13.3.